The quantitative estimate of drug-likeness (QED) is 0.598. The predicted octanol–water partition coefficient (Wildman–Crippen LogP) is 3.05. The van der Waals surface area contributed by atoms with Gasteiger partial charge in [0.1, 0.15) is 5.82 Å². The predicted molar refractivity (Wildman–Crippen MR) is 96.2 cm³/mol. The first kappa shape index (κ1) is 21.9. The number of rotatable bonds is 8. The molecule has 0 aliphatic carbocycles. The molecule has 26 heavy (non-hydrogen) atoms. The van der Waals surface area contributed by atoms with E-state index in [1.54, 1.807) is 20.8 Å². The number of carbonyl (C=O) groups excluding carboxylic acids is 2. The zero-order valence-electron chi connectivity index (χ0n) is 15.1. The number of carboxylic acid groups (broad SMARTS) is 1. The van der Waals surface area contributed by atoms with Crippen molar-refractivity contribution in [2.75, 3.05) is 6.54 Å². The van der Waals surface area contributed by atoms with Gasteiger partial charge in [0.15, 0.2) is 0 Å². The fourth-order valence-corrected chi connectivity index (χ4v) is 2.26. The van der Waals surface area contributed by atoms with Crippen LogP contribution in [0.1, 0.15) is 51.6 Å². The lowest BCUT2D eigenvalue weighted by Crippen LogP contribution is -2.36. The van der Waals surface area contributed by atoms with Crippen molar-refractivity contribution >= 4 is 29.4 Å². The molecule has 0 spiro atoms. The third-order valence-corrected chi connectivity index (χ3v) is 3.91. The Balaban J connectivity index is 2.59. The molecule has 0 saturated carbocycles. The third kappa shape index (κ3) is 7.39. The van der Waals surface area contributed by atoms with Gasteiger partial charge in [-0.2, -0.15) is 0 Å². The number of halogens is 2. The first-order valence-corrected chi connectivity index (χ1v) is 8.63. The largest absolute Gasteiger partial charge is 0.481 e. The summed E-state index contributed by atoms with van der Waals surface area (Å²) >= 11 is 5.63. The Kier molecular flexibility index (Phi) is 8.02. The molecule has 2 amide bonds. The van der Waals surface area contributed by atoms with Crippen LogP contribution in [0.2, 0.25) is 5.02 Å². The van der Waals surface area contributed by atoms with Crippen molar-refractivity contribution in [3.63, 3.8) is 0 Å². The number of carboxylic acids is 1. The highest BCUT2D eigenvalue weighted by Gasteiger charge is 2.21. The molecule has 6 nitrogen and oxygen atoms in total. The Morgan fingerprint density at radius 3 is 2.46 bits per heavy atom. The van der Waals surface area contributed by atoms with E-state index in [0.29, 0.717) is 18.5 Å². The van der Waals surface area contributed by atoms with Crippen LogP contribution in [0.3, 0.4) is 0 Å². The van der Waals surface area contributed by atoms with Gasteiger partial charge in [-0.25, -0.2) is 4.39 Å². The van der Waals surface area contributed by atoms with Gasteiger partial charge in [0.2, 0.25) is 11.8 Å². The minimum atomic E-state index is -1.12. The zero-order valence-corrected chi connectivity index (χ0v) is 15.8. The molecule has 1 aromatic rings. The summed E-state index contributed by atoms with van der Waals surface area (Å²) < 4.78 is 13.6. The van der Waals surface area contributed by atoms with Crippen LogP contribution in [0.25, 0.3) is 0 Å². The van der Waals surface area contributed by atoms with E-state index in [0.717, 1.165) is 6.07 Å². The number of benzene rings is 1. The van der Waals surface area contributed by atoms with Crippen LogP contribution in [0.4, 0.5) is 4.39 Å². The van der Waals surface area contributed by atoms with Gasteiger partial charge in [-0.3, -0.25) is 14.4 Å². The number of hydrogen-bond acceptors (Lipinski definition) is 3. The van der Waals surface area contributed by atoms with Crippen LogP contribution in [-0.2, 0) is 14.4 Å². The molecule has 0 aliphatic heterocycles. The number of hydrogen-bond donors (Lipinski definition) is 3. The molecule has 0 aromatic heterocycles. The van der Waals surface area contributed by atoms with E-state index < -0.39 is 23.2 Å². The van der Waals surface area contributed by atoms with Gasteiger partial charge in [-0.05, 0) is 24.1 Å². The minimum absolute atomic E-state index is 0.0799. The summed E-state index contributed by atoms with van der Waals surface area (Å²) in [6, 6.07) is 3.04. The van der Waals surface area contributed by atoms with Crippen LogP contribution in [0.15, 0.2) is 18.2 Å². The first-order valence-electron chi connectivity index (χ1n) is 8.25. The number of carbonyl (C=O) groups is 3. The number of nitrogens with one attached hydrogen (secondary N) is 2. The summed E-state index contributed by atoms with van der Waals surface area (Å²) in [6.45, 7) is 5.70. The van der Waals surface area contributed by atoms with Crippen molar-refractivity contribution < 1.29 is 23.9 Å². The minimum Gasteiger partial charge on any atom is -0.481 e. The first-order chi connectivity index (χ1) is 12.0. The maximum absolute atomic E-state index is 13.6. The van der Waals surface area contributed by atoms with Gasteiger partial charge < -0.3 is 15.7 Å². The molecule has 1 rings (SSSR count). The van der Waals surface area contributed by atoms with Gasteiger partial charge in [0.05, 0.1) is 17.5 Å². The summed E-state index contributed by atoms with van der Waals surface area (Å²) in [4.78, 5) is 34.8. The van der Waals surface area contributed by atoms with Crippen molar-refractivity contribution in [2.45, 2.75) is 46.1 Å². The lowest BCUT2D eigenvalue weighted by atomic mass is 9.96. The maximum Gasteiger partial charge on any atom is 0.305 e. The summed E-state index contributed by atoms with van der Waals surface area (Å²) in [5, 5.41) is 14.3. The van der Waals surface area contributed by atoms with E-state index >= 15 is 0 Å². The van der Waals surface area contributed by atoms with Crippen LogP contribution in [0, 0.1) is 11.2 Å². The molecule has 3 N–H and O–H groups in total. The second-order valence-corrected chi connectivity index (χ2v) is 7.41. The van der Waals surface area contributed by atoms with E-state index in [1.807, 2.05) is 0 Å². The molecular formula is C18H24ClFN2O4. The molecule has 0 bridgehead atoms. The van der Waals surface area contributed by atoms with Crippen LogP contribution in [0.5, 0.6) is 0 Å². The van der Waals surface area contributed by atoms with Gasteiger partial charge >= 0.3 is 5.97 Å². The van der Waals surface area contributed by atoms with Gasteiger partial charge in [-0.1, -0.05) is 38.4 Å². The monoisotopic (exact) mass is 386 g/mol. The highest BCUT2D eigenvalue weighted by molar-refractivity contribution is 6.30. The summed E-state index contributed by atoms with van der Waals surface area (Å²) in [6.07, 6.45) is 0.132. The second kappa shape index (κ2) is 9.52. The summed E-state index contributed by atoms with van der Waals surface area (Å²) in [7, 11) is 0. The molecule has 0 aliphatic rings. The van der Waals surface area contributed by atoms with Crippen molar-refractivity contribution in [3.8, 4) is 0 Å². The van der Waals surface area contributed by atoms with E-state index in [1.165, 1.54) is 12.1 Å². The number of aliphatic carboxylic acids is 1. The smallest absolute Gasteiger partial charge is 0.305 e. The molecular weight excluding hydrogens is 363 g/mol. The molecule has 0 fully saturated rings. The van der Waals surface area contributed by atoms with E-state index in [-0.39, 0.29) is 29.7 Å². The zero-order chi connectivity index (χ0) is 19.9. The average Bonchev–Trinajstić information content (AvgIpc) is 2.52. The van der Waals surface area contributed by atoms with Gasteiger partial charge in [-0.15, -0.1) is 0 Å². The molecule has 0 saturated heterocycles. The van der Waals surface area contributed by atoms with E-state index in [9.17, 15) is 18.8 Å². The maximum atomic E-state index is 13.6. The Morgan fingerprint density at radius 1 is 1.27 bits per heavy atom. The Bertz CT molecular complexity index is 674. The highest BCUT2D eigenvalue weighted by Crippen LogP contribution is 2.22. The Hall–Kier alpha value is -2.15. The molecule has 8 heteroatoms. The third-order valence-electron chi connectivity index (χ3n) is 3.61. The van der Waals surface area contributed by atoms with Crippen LogP contribution in [-0.4, -0.2) is 29.4 Å². The topological polar surface area (TPSA) is 95.5 Å². The fourth-order valence-electron chi connectivity index (χ4n) is 2.14. The average molecular weight is 387 g/mol. The standard InChI is InChI=1S/C18H24ClFN2O4/c1-18(2,3)17(26)21-8-4-5-15(23)22-14(10-16(24)25)11-6-7-12(19)13(20)9-11/h6-7,9,14H,4-5,8,10H2,1-3H3,(H,21,26)(H,22,23)(H,24,25). The summed E-state index contributed by atoms with van der Waals surface area (Å²) in [5.41, 5.74) is -0.184. The molecule has 1 unspecified atom stereocenters. The fraction of sp³-hybridized carbons (Fsp3) is 0.500. The summed E-state index contributed by atoms with van der Waals surface area (Å²) in [5.74, 6) is -2.29. The SMILES string of the molecule is CC(C)(C)C(=O)NCCCC(=O)NC(CC(=O)O)c1ccc(Cl)c(F)c1. The molecule has 144 valence electrons. The second-order valence-electron chi connectivity index (χ2n) is 7.00. The Labute approximate surface area is 157 Å². The molecule has 0 heterocycles. The normalized spacial score (nSPS) is 12.3. The van der Waals surface area contributed by atoms with Crippen molar-refractivity contribution in [3.05, 3.63) is 34.6 Å². The van der Waals surface area contributed by atoms with Gasteiger partial charge in [0.25, 0.3) is 0 Å². The Morgan fingerprint density at radius 2 is 1.92 bits per heavy atom. The van der Waals surface area contributed by atoms with Crippen LogP contribution < -0.4 is 10.6 Å². The highest BCUT2D eigenvalue weighted by atomic mass is 35.5. The van der Waals surface area contributed by atoms with Crippen molar-refractivity contribution in [1.29, 1.82) is 0 Å². The van der Waals surface area contributed by atoms with Crippen LogP contribution >= 0.6 is 11.6 Å². The van der Waals surface area contributed by atoms with Gasteiger partial charge in [0, 0.05) is 18.4 Å². The van der Waals surface area contributed by atoms with E-state index in [4.69, 9.17) is 16.7 Å². The van der Waals surface area contributed by atoms with Crippen molar-refractivity contribution in [2.24, 2.45) is 5.41 Å². The molecule has 0 radical (unpaired) electrons. The molecule has 1 atom stereocenters. The van der Waals surface area contributed by atoms with Crippen molar-refractivity contribution in [1.82, 2.24) is 10.6 Å². The lowest BCUT2D eigenvalue weighted by Gasteiger charge is -2.19. The van der Waals surface area contributed by atoms with E-state index in [2.05, 4.69) is 10.6 Å². The molecule has 1 aromatic carbocycles. The lowest BCUT2D eigenvalue weighted by molar-refractivity contribution is -0.138. The number of amides is 2.